The van der Waals surface area contributed by atoms with Gasteiger partial charge in [0.2, 0.25) is 0 Å². The second-order valence-electron chi connectivity index (χ2n) is 5.47. The lowest BCUT2D eigenvalue weighted by molar-refractivity contribution is 0.0846. The van der Waals surface area contributed by atoms with E-state index in [2.05, 4.69) is 15.8 Å². The minimum atomic E-state index is -0.408. The Labute approximate surface area is 145 Å². The van der Waals surface area contributed by atoms with Gasteiger partial charge < -0.3 is 0 Å². The standard InChI is InChI=1S/C20H17N3O2/c1-14-17(12-13-18(21-14)15-8-4-2-5-9-15)20(25)23-22-19(24)16-10-6-3-7-11-16/h2-13H,1H3,(H,22,24)(H,23,25). The number of aromatic nitrogens is 1. The Bertz CT molecular complexity index is 893. The van der Waals surface area contributed by atoms with Crippen LogP contribution < -0.4 is 10.9 Å². The molecular weight excluding hydrogens is 314 g/mol. The molecule has 2 N–H and O–H groups in total. The van der Waals surface area contributed by atoms with Crippen molar-refractivity contribution in [2.45, 2.75) is 6.92 Å². The highest BCUT2D eigenvalue weighted by Crippen LogP contribution is 2.18. The van der Waals surface area contributed by atoms with Gasteiger partial charge >= 0.3 is 0 Å². The van der Waals surface area contributed by atoms with Crippen LogP contribution in [0.25, 0.3) is 11.3 Å². The number of pyridine rings is 1. The van der Waals surface area contributed by atoms with Gasteiger partial charge in [0.15, 0.2) is 0 Å². The van der Waals surface area contributed by atoms with Crippen LogP contribution in [0.15, 0.2) is 72.8 Å². The van der Waals surface area contributed by atoms with Gasteiger partial charge in [-0.3, -0.25) is 25.4 Å². The van der Waals surface area contributed by atoms with Crippen LogP contribution in [-0.2, 0) is 0 Å². The van der Waals surface area contributed by atoms with Crippen LogP contribution >= 0.6 is 0 Å². The lowest BCUT2D eigenvalue weighted by Crippen LogP contribution is -2.41. The van der Waals surface area contributed by atoms with Gasteiger partial charge in [-0.15, -0.1) is 0 Å². The van der Waals surface area contributed by atoms with Gasteiger partial charge in [0, 0.05) is 11.1 Å². The smallest absolute Gasteiger partial charge is 0.267 e. The highest BCUT2D eigenvalue weighted by molar-refractivity contribution is 5.99. The number of nitrogens with one attached hydrogen (secondary N) is 2. The zero-order chi connectivity index (χ0) is 17.6. The zero-order valence-corrected chi connectivity index (χ0v) is 13.7. The van der Waals surface area contributed by atoms with Crippen molar-refractivity contribution in [1.29, 1.82) is 0 Å². The molecule has 1 aromatic heterocycles. The average Bonchev–Trinajstić information content (AvgIpc) is 2.67. The molecule has 3 aromatic rings. The first kappa shape index (κ1) is 16.4. The van der Waals surface area contributed by atoms with Crippen LogP contribution in [0.2, 0.25) is 0 Å². The van der Waals surface area contributed by atoms with Crippen molar-refractivity contribution in [2.75, 3.05) is 0 Å². The van der Waals surface area contributed by atoms with Gasteiger partial charge in [0.05, 0.1) is 17.0 Å². The maximum Gasteiger partial charge on any atom is 0.271 e. The number of aryl methyl sites for hydroxylation is 1. The number of benzene rings is 2. The second kappa shape index (κ2) is 7.40. The number of carbonyl (C=O) groups excluding carboxylic acids is 2. The number of nitrogens with zero attached hydrogens (tertiary/aromatic N) is 1. The van der Waals surface area contributed by atoms with E-state index in [9.17, 15) is 9.59 Å². The molecule has 0 radical (unpaired) electrons. The molecule has 0 spiro atoms. The molecule has 0 saturated heterocycles. The molecule has 1 heterocycles. The highest BCUT2D eigenvalue weighted by Gasteiger charge is 2.13. The molecule has 5 heteroatoms. The van der Waals surface area contributed by atoms with E-state index in [0.717, 1.165) is 11.3 Å². The maximum atomic E-state index is 12.3. The van der Waals surface area contributed by atoms with Gasteiger partial charge in [-0.1, -0.05) is 48.5 Å². The van der Waals surface area contributed by atoms with Crippen molar-refractivity contribution >= 4 is 11.8 Å². The van der Waals surface area contributed by atoms with E-state index in [1.54, 1.807) is 43.3 Å². The highest BCUT2D eigenvalue weighted by atomic mass is 16.2. The van der Waals surface area contributed by atoms with Gasteiger partial charge in [0.1, 0.15) is 0 Å². The first-order valence-electron chi connectivity index (χ1n) is 7.84. The summed E-state index contributed by atoms with van der Waals surface area (Å²) in [6.45, 7) is 1.76. The summed E-state index contributed by atoms with van der Waals surface area (Å²) < 4.78 is 0. The molecule has 0 fully saturated rings. The molecule has 0 atom stereocenters. The molecule has 5 nitrogen and oxygen atoms in total. The van der Waals surface area contributed by atoms with Crippen LogP contribution in [0.4, 0.5) is 0 Å². The van der Waals surface area contributed by atoms with E-state index in [0.29, 0.717) is 16.8 Å². The number of rotatable bonds is 3. The summed E-state index contributed by atoms with van der Waals surface area (Å²) >= 11 is 0. The number of hydrazine groups is 1. The number of amides is 2. The molecule has 124 valence electrons. The van der Waals surface area contributed by atoms with E-state index in [1.165, 1.54) is 0 Å². The van der Waals surface area contributed by atoms with Crippen LogP contribution in [0, 0.1) is 6.92 Å². The Kier molecular flexibility index (Phi) is 4.85. The van der Waals surface area contributed by atoms with Crippen LogP contribution in [0.1, 0.15) is 26.4 Å². The molecule has 3 rings (SSSR count). The van der Waals surface area contributed by atoms with Crippen LogP contribution in [0.3, 0.4) is 0 Å². The molecule has 0 bridgehead atoms. The van der Waals surface area contributed by atoms with E-state index >= 15 is 0 Å². The van der Waals surface area contributed by atoms with E-state index in [1.807, 2.05) is 36.4 Å². The van der Waals surface area contributed by atoms with Gasteiger partial charge in [-0.25, -0.2) is 0 Å². The summed E-state index contributed by atoms with van der Waals surface area (Å²) in [4.78, 5) is 28.7. The summed E-state index contributed by atoms with van der Waals surface area (Å²) in [6, 6.07) is 21.9. The minimum absolute atomic E-state index is 0.375. The van der Waals surface area contributed by atoms with Crippen molar-refractivity contribution in [3.05, 3.63) is 89.6 Å². The normalized spacial score (nSPS) is 10.1. The third-order valence-corrected chi connectivity index (χ3v) is 3.73. The Morgan fingerprint density at radius 1 is 0.760 bits per heavy atom. The molecule has 0 aliphatic rings. The van der Waals surface area contributed by atoms with Crippen molar-refractivity contribution in [1.82, 2.24) is 15.8 Å². The predicted octanol–water partition coefficient (Wildman–Crippen LogP) is 3.13. The SMILES string of the molecule is Cc1nc(-c2ccccc2)ccc1C(=O)NNC(=O)c1ccccc1. The van der Waals surface area contributed by atoms with Gasteiger partial charge in [0.25, 0.3) is 11.8 Å². The number of carbonyl (C=O) groups is 2. The first-order chi connectivity index (χ1) is 12.1. The molecule has 25 heavy (non-hydrogen) atoms. The Balaban J connectivity index is 1.69. The third-order valence-electron chi connectivity index (χ3n) is 3.73. The first-order valence-corrected chi connectivity index (χ1v) is 7.84. The van der Waals surface area contributed by atoms with Gasteiger partial charge in [-0.2, -0.15) is 0 Å². The molecule has 2 aromatic carbocycles. The summed E-state index contributed by atoms with van der Waals surface area (Å²) in [5.74, 6) is -0.783. The van der Waals surface area contributed by atoms with Crippen molar-refractivity contribution in [3.8, 4) is 11.3 Å². The summed E-state index contributed by atoms with van der Waals surface area (Å²) in [5.41, 5.74) is 8.07. The van der Waals surface area contributed by atoms with Crippen molar-refractivity contribution < 1.29 is 9.59 Å². The Morgan fingerprint density at radius 2 is 1.36 bits per heavy atom. The molecule has 2 amide bonds. The summed E-state index contributed by atoms with van der Waals surface area (Å²) in [7, 11) is 0. The fraction of sp³-hybridized carbons (Fsp3) is 0.0500. The van der Waals surface area contributed by atoms with E-state index in [4.69, 9.17) is 0 Å². The molecule has 0 aliphatic heterocycles. The number of hydrogen-bond donors (Lipinski definition) is 2. The summed E-state index contributed by atoms with van der Waals surface area (Å²) in [6.07, 6.45) is 0. The monoisotopic (exact) mass is 331 g/mol. The largest absolute Gasteiger partial charge is 0.271 e. The van der Waals surface area contributed by atoms with Crippen molar-refractivity contribution in [3.63, 3.8) is 0 Å². The second-order valence-corrected chi connectivity index (χ2v) is 5.47. The number of hydrogen-bond acceptors (Lipinski definition) is 3. The van der Waals surface area contributed by atoms with Crippen LogP contribution in [0.5, 0.6) is 0 Å². The lowest BCUT2D eigenvalue weighted by atomic mass is 10.1. The fourth-order valence-corrected chi connectivity index (χ4v) is 2.41. The molecule has 0 aliphatic carbocycles. The lowest BCUT2D eigenvalue weighted by Gasteiger charge is -2.10. The topological polar surface area (TPSA) is 71.1 Å². The van der Waals surface area contributed by atoms with E-state index < -0.39 is 5.91 Å². The molecule has 0 saturated carbocycles. The maximum absolute atomic E-state index is 12.3. The molecule has 0 unspecified atom stereocenters. The molecular formula is C20H17N3O2. The van der Waals surface area contributed by atoms with Crippen LogP contribution in [-0.4, -0.2) is 16.8 Å². The predicted molar refractivity (Wildman–Crippen MR) is 95.8 cm³/mol. The van der Waals surface area contributed by atoms with Crippen molar-refractivity contribution in [2.24, 2.45) is 0 Å². The minimum Gasteiger partial charge on any atom is -0.267 e. The summed E-state index contributed by atoms with van der Waals surface area (Å²) in [5, 5.41) is 0. The van der Waals surface area contributed by atoms with E-state index in [-0.39, 0.29) is 5.91 Å². The quantitative estimate of drug-likeness (QED) is 0.724. The average molecular weight is 331 g/mol. The Morgan fingerprint density at radius 3 is 2.00 bits per heavy atom. The fourth-order valence-electron chi connectivity index (χ4n) is 2.41. The Hall–Kier alpha value is -3.47. The van der Waals surface area contributed by atoms with Gasteiger partial charge in [-0.05, 0) is 31.2 Å². The third kappa shape index (κ3) is 3.90. The zero-order valence-electron chi connectivity index (χ0n) is 13.7.